The molecular formula is C22H16O3S. The van der Waals surface area contributed by atoms with Gasteiger partial charge in [0.25, 0.3) is 0 Å². The molecule has 0 amide bonds. The maximum absolute atomic E-state index is 13.1. The van der Waals surface area contributed by atoms with Gasteiger partial charge in [0.15, 0.2) is 15.6 Å². The summed E-state index contributed by atoms with van der Waals surface area (Å²) in [4.78, 5) is 13.3. The molecule has 128 valence electrons. The molecule has 0 saturated carbocycles. The Kier molecular flexibility index (Phi) is 3.85. The van der Waals surface area contributed by atoms with Crippen LogP contribution in [0, 0.1) is 0 Å². The Morgan fingerprint density at radius 1 is 0.654 bits per heavy atom. The molecule has 0 spiro atoms. The van der Waals surface area contributed by atoms with Gasteiger partial charge in [0.1, 0.15) is 0 Å². The lowest BCUT2D eigenvalue weighted by Crippen LogP contribution is -1.99. The minimum atomic E-state index is -3.34. The molecule has 4 heteroatoms. The molecule has 0 fully saturated rings. The number of hydrogen-bond donors (Lipinski definition) is 0. The van der Waals surface area contributed by atoms with E-state index in [1.807, 2.05) is 60.7 Å². The molecule has 3 nitrogen and oxygen atoms in total. The van der Waals surface area contributed by atoms with Gasteiger partial charge in [-0.25, -0.2) is 8.42 Å². The van der Waals surface area contributed by atoms with Gasteiger partial charge in [-0.2, -0.15) is 0 Å². The van der Waals surface area contributed by atoms with Crippen LogP contribution in [-0.4, -0.2) is 20.5 Å². The van der Waals surface area contributed by atoms with E-state index in [4.69, 9.17) is 0 Å². The number of allylic oxidation sites excluding steroid dienone is 1. The van der Waals surface area contributed by atoms with Gasteiger partial charge in [-0.1, -0.05) is 66.7 Å². The lowest BCUT2D eigenvalue weighted by Gasteiger charge is -2.10. The highest BCUT2D eigenvalue weighted by Crippen LogP contribution is 2.42. The van der Waals surface area contributed by atoms with Crippen molar-refractivity contribution in [3.63, 3.8) is 0 Å². The van der Waals surface area contributed by atoms with Crippen molar-refractivity contribution in [1.82, 2.24) is 0 Å². The number of hydrogen-bond acceptors (Lipinski definition) is 3. The number of rotatable bonds is 3. The highest BCUT2D eigenvalue weighted by atomic mass is 32.2. The van der Waals surface area contributed by atoms with Gasteiger partial charge in [-0.15, -0.1) is 0 Å². The summed E-state index contributed by atoms with van der Waals surface area (Å²) in [6, 6.07) is 23.7. The lowest BCUT2D eigenvalue weighted by molar-refractivity contribution is 0.105. The first-order chi connectivity index (χ1) is 12.5. The smallest absolute Gasteiger partial charge is 0.194 e. The van der Waals surface area contributed by atoms with E-state index in [-0.39, 0.29) is 10.7 Å². The minimum absolute atomic E-state index is 0.0356. The number of Topliss-reactive ketones (excluding diaryl/α,β-unsaturated/α-hetero) is 1. The SMILES string of the molecule is CS(=O)(=O)c1cccc(C2=C(c3ccccc3)C(=O)c3ccccc32)c1. The molecule has 0 radical (unpaired) electrons. The monoisotopic (exact) mass is 360 g/mol. The van der Waals surface area contributed by atoms with Crippen LogP contribution in [0.3, 0.4) is 0 Å². The van der Waals surface area contributed by atoms with Gasteiger partial charge < -0.3 is 0 Å². The summed E-state index contributed by atoms with van der Waals surface area (Å²) in [5.74, 6) is -0.0356. The molecule has 0 unspecified atom stereocenters. The van der Waals surface area contributed by atoms with E-state index >= 15 is 0 Å². The summed E-state index contributed by atoms with van der Waals surface area (Å²) >= 11 is 0. The summed E-state index contributed by atoms with van der Waals surface area (Å²) in [7, 11) is -3.34. The molecule has 1 aliphatic rings. The zero-order valence-corrected chi connectivity index (χ0v) is 15.0. The molecule has 0 N–H and O–H groups in total. The average molecular weight is 360 g/mol. The second-order valence-corrected chi connectivity index (χ2v) is 8.31. The highest BCUT2D eigenvalue weighted by molar-refractivity contribution is 7.90. The topological polar surface area (TPSA) is 51.2 Å². The Balaban J connectivity index is 2.04. The van der Waals surface area contributed by atoms with E-state index < -0.39 is 9.84 Å². The number of carbonyl (C=O) groups is 1. The molecule has 3 aromatic carbocycles. The van der Waals surface area contributed by atoms with Crippen LogP contribution >= 0.6 is 0 Å². The molecule has 0 saturated heterocycles. The van der Waals surface area contributed by atoms with Crippen molar-refractivity contribution in [2.75, 3.05) is 6.26 Å². The molecule has 0 atom stereocenters. The predicted molar refractivity (Wildman–Crippen MR) is 103 cm³/mol. The zero-order valence-electron chi connectivity index (χ0n) is 14.1. The lowest BCUT2D eigenvalue weighted by atomic mass is 9.94. The second-order valence-electron chi connectivity index (χ2n) is 6.29. The fourth-order valence-corrected chi connectivity index (χ4v) is 4.01. The van der Waals surface area contributed by atoms with Crippen molar-refractivity contribution < 1.29 is 13.2 Å². The fourth-order valence-electron chi connectivity index (χ4n) is 3.34. The molecule has 4 rings (SSSR count). The Hall–Kier alpha value is -2.98. The molecule has 0 heterocycles. The van der Waals surface area contributed by atoms with Crippen LogP contribution in [0.2, 0.25) is 0 Å². The highest BCUT2D eigenvalue weighted by Gasteiger charge is 2.31. The van der Waals surface area contributed by atoms with Gasteiger partial charge in [-0.3, -0.25) is 4.79 Å². The quantitative estimate of drug-likeness (QED) is 0.702. The van der Waals surface area contributed by atoms with Gasteiger partial charge in [-0.05, 0) is 28.8 Å². The van der Waals surface area contributed by atoms with Gasteiger partial charge in [0, 0.05) is 23.0 Å². The summed E-state index contributed by atoms with van der Waals surface area (Å²) < 4.78 is 24.0. The predicted octanol–water partition coefficient (Wildman–Crippen LogP) is 4.25. The van der Waals surface area contributed by atoms with Crippen LogP contribution in [0.5, 0.6) is 0 Å². The summed E-state index contributed by atoms with van der Waals surface area (Å²) in [5, 5.41) is 0. The minimum Gasteiger partial charge on any atom is -0.289 e. The Morgan fingerprint density at radius 3 is 1.96 bits per heavy atom. The van der Waals surface area contributed by atoms with Crippen LogP contribution in [0.15, 0.2) is 83.8 Å². The van der Waals surface area contributed by atoms with Crippen LogP contribution in [0.25, 0.3) is 11.1 Å². The first-order valence-electron chi connectivity index (χ1n) is 8.21. The van der Waals surface area contributed by atoms with E-state index in [2.05, 4.69) is 0 Å². The summed E-state index contributed by atoms with van der Waals surface area (Å²) in [6.45, 7) is 0. The van der Waals surface area contributed by atoms with Crippen LogP contribution in [-0.2, 0) is 9.84 Å². The second kappa shape index (κ2) is 6.07. The van der Waals surface area contributed by atoms with Crippen molar-refractivity contribution in [2.24, 2.45) is 0 Å². The average Bonchev–Trinajstić information content (AvgIpc) is 2.95. The maximum atomic E-state index is 13.1. The van der Waals surface area contributed by atoms with Crippen LogP contribution < -0.4 is 0 Å². The molecule has 0 aliphatic heterocycles. The number of benzene rings is 3. The zero-order chi connectivity index (χ0) is 18.3. The Bertz CT molecular complexity index is 1160. The number of fused-ring (bicyclic) bond motifs is 1. The third kappa shape index (κ3) is 2.68. The third-order valence-corrected chi connectivity index (χ3v) is 5.64. The van der Waals surface area contributed by atoms with Crippen molar-refractivity contribution >= 4 is 26.8 Å². The molecular weight excluding hydrogens is 344 g/mol. The molecule has 1 aliphatic carbocycles. The summed E-state index contributed by atoms with van der Waals surface area (Å²) in [6.07, 6.45) is 1.19. The molecule has 3 aromatic rings. The fraction of sp³-hybridized carbons (Fsp3) is 0.0455. The summed E-state index contributed by atoms with van der Waals surface area (Å²) in [5.41, 5.74) is 4.42. The van der Waals surface area contributed by atoms with Gasteiger partial charge in [0.2, 0.25) is 0 Å². The van der Waals surface area contributed by atoms with Gasteiger partial charge in [0.05, 0.1) is 4.90 Å². The van der Waals surface area contributed by atoms with Crippen molar-refractivity contribution in [3.05, 3.63) is 101 Å². The van der Waals surface area contributed by atoms with E-state index in [1.165, 1.54) is 6.26 Å². The van der Waals surface area contributed by atoms with Crippen molar-refractivity contribution in [1.29, 1.82) is 0 Å². The van der Waals surface area contributed by atoms with Gasteiger partial charge >= 0.3 is 0 Å². The molecule has 0 aromatic heterocycles. The van der Waals surface area contributed by atoms with Crippen LogP contribution in [0.1, 0.15) is 27.0 Å². The molecule has 26 heavy (non-hydrogen) atoms. The van der Waals surface area contributed by atoms with E-state index in [1.54, 1.807) is 18.2 Å². The Labute approximate surface area is 152 Å². The normalized spacial score (nSPS) is 13.8. The molecule has 0 bridgehead atoms. The van der Waals surface area contributed by atoms with Crippen LogP contribution in [0.4, 0.5) is 0 Å². The largest absolute Gasteiger partial charge is 0.289 e. The first-order valence-corrected chi connectivity index (χ1v) is 10.1. The van der Waals surface area contributed by atoms with Crippen molar-refractivity contribution in [2.45, 2.75) is 4.90 Å². The standard InChI is InChI=1S/C22H16O3S/c1-26(24,25)17-11-7-10-16(14-17)20-18-12-5-6-13-19(18)22(23)21(20)15-8-3-2-4-9-15/h2-14H,1H3. The number of sulfone groups is 1. The maximum Gasteiger partial charge on any atom is 0.194 e. The first kappa shape index (κ1) is 16.5. The number of ketones is 1. The van der Waals surface area contributed by atoms with E-state index in [0.717, 1.165) is 22.3 Å². The third-order valence-electron chi connectivity index (χ3n) is 4.53. The van der Waals surface area contributed by atoms with E-state index in [9.17, 15) is 13.2 Å². The van der Waals surface area contributed by atoms with Crippen molar-refractivity contribution in [3.8, 4) is 0 Å². The van der Waals surface area contributed by atoms with E-state index in [0.29, 0.717) is 11.1 Å². The Morgan fingerprint density at radius 2 is 1.27 bits per heavy atom. The number of carbonyl (C=O) groups excluding carboxylic acids is 1.